The van der Waals surface area contributed by atoms with Crippen LogP contribution in [0.5, 0.6) is 0 Å². The van der Waals surface area contributed by atoms with Crippen molar-refractivity contribution in [3.63, 3.8) is 0 Å². The quantitative estimate of drug-likeness (QED) is 0.453. The van der Waals surface area contributed by atoms with Crippen LogP contribution in [0.1, 0.15) is 22.4 Å². The van der Waals surface area contributed by atoms with E-state index in [9.17, 15) is 8.42 Å². The van der Waals surface area contributed by atoms with E-state index >= 15 is 0 Å². The van der Waals surface area contributed by atoms with E-state index in [1.54, 1.807) is 75.5 Å². The van der Waals surface area contributed by atoms with Gasteiger partial charge in [0.05, 0.1) is 27.7 Å². The number of benzene rings is 2. The molecule has 0 spiro atoms. The predicted octanol–water partition coefficient (Wildman–Crippen LogP) is 4.43. The number of sulfone groups is 1. The van der Waals surface area contributed by atoms with E-state index < -0.39 is 15.1 Å². The zero-order chi connectivity index (χ0) is 22.2. The van der Waals surface area contributed by atoms with Gasteiger partial charge < -0.3 is 10.2 Å². The van der Waals surface area contributed by atoms with Crippen molar-refractivity contribution in [1.82, 2.24) is 20.2 Å². The first-order valence-corrected chi connectivity index (χ1v) is 11.2. The maximum absolute atomic E-state index is 12.3. The molecule has 8 nitrogen and oxygen atoms in total. The molecule has 0 aliphatic heterocycles. The third-order valence-corrected chi connectivity index (χ3v) is 7.01. The SMILES string of the molecule is Cc1ncc(-c2ccc(S(=O)(=O)C(C)C)cc2)nc1-c1nnc(-c2ccc(N)cc2)o1.[HH].[HH]. The van der Waals surface area contributed by atoms with Crippen molar-refractivity contribution < 1.29 is 15.7 Å². The van der Waals surface area contributed by atoms with Crippen molar-refractivity contribution in [3.05, 3.63) is 60.4 Å². The van der Waals surface area contributed by atoms with Crippen molar-refractivity contribution in [2.24, 2.45) is 0 Å². The van der Waals surface area contributed by atoms with Crippen LogP contribution in [0, 0.1) is 6.92 Å². The van der Waals surface area contributed by atoms with Gasteiger partial charge in [-0.2, -0.15) is 0 Å². The van der Waals surface area contributed by atoms with Crippen LogP contribution in [0.2, 0.25) is 0 Å². The molecule has 0 aliphatic rings. The summed E-state index contributed by atoms with van der Waals surface area (Å²) >= 11 is 0. The number of hydrogen-bond donors (Lipinski definition) is 1. The third kappa shape index (κ3) is 4.04. The third-order valence-electron chi connectivity index (χ3n) is 4.84. The van der Waals surface area contributed by atoms with Crippen molar-refractivity contribution in [3.8, 4) is 34.3 Å². The Balaban J connectivity index is 0.00000193. The van der Waals surface area contributed by atoms with E-state index in [4.69, 9.17) is 10.2 Å². The monoisotopic (exact) mass is 439 g/mol. The fraction of sp³-hybridized carbons (Fsp3) is 0.182. The second-order valence-corrected chi connectivity index (χ2v) is 9.85. The molecule has 2 N–H and O–H groups in total. The fourth-order valence-corrected chi connectivity index (χ4v) is 4.00. The molecular formula is C22H25N5O3S. The molecule has 0 bridgehead atoms. The van der Waals surface area contributed by atoms with Crippen LogP contribution in [0.4, 0.5) is 5.69 Å². The van der Waals surface area contributed by atoms with Gasteiger partial charge in [-0.3, -0.25) is 4.98 Å². The van der Waals surface area contributed by atoms with Crippen LogP contribution >= 0.6 is 0 Å². The van der Waals surface area contributed by atoms with Gasteiger partial charge in [0, 0.05) is 19.7 Å². The maximum atomic E-state index is 12.3. The van der Waals surface area contributed by atoms with Crippen molar-refractivity contribution in [1.29, 1.82) is 0 Å². The number of hydrogen-bond acceptors (Lipinski definition) is 8. The summed E-state index contributed by atoms with van der Waals surface area (Å²) in [6.07, 6.45) is 1.63. The van der Waals surface area contributed by atoms with Gasteiger partial charge >= 0.3 is 0 Å². The lowest BCUT2D eigenvalue weighted by Gasteiger charge is -2.09. The molecule has 0 aliphatic carbocycles. The molecule has 0 atom stereocenters. The van der Waals surface area contributed by atoms with Crippen molar-refractivity contribution >= 4 is 15.5 Å². The summed E-state index contributed by atoms with van der Waals surface area (Å²) in [6, 6.07) is 13.7. The van der Waals surface area contributed by atoms with Crippen LogP contribution in [0.3, 0.4) is 0 Å². The number of aryl methyl sites for hydroxylation is 1. The highest BCUT2D eigenvalue weighted by atomic mass is 32.2. The average molecular weight is 440 g/mol. The second kappa shape index (κ2) is 7.92. The summed E-state index contributed by atoms with van der Waals surface area (Å²) in [5.74, 6) is 0.600. The number of anilines is 1. The summed E-state index contributed by atoms with van der Waals surface area (Å²) in [6.45, 7) is 5.12. The van der Waals surface area contributed by atoms with Gasteiger partial charge in [-0.1, -0.05) is 12.1 Å². The Kier molecular flexibility index (Phi) is 5.28. The Bertz CT molecular complexity index is 1340. The van der Waals surface area contributed by atoms with Crippen molar-refractivity contribution in [2.75, 3.05) is 5.73 Å². The Morgan fingerprint density at radius 3 is 2.19 bits per heavy atom. The smallest absolute Gasteiger partial charge is 0.268 e. The zero-order valence-electron chi connectivity index (χ0n) is 17.3. The Morgan fingerprint density at radius 2 is 1.55 bits per heavy atom. The van der Waals surface area contributed by atoms with Crippen LogP contribution < -0.4 is 5.73 Å². The van der Waals surface area contributed by atoms with E-state index in [0.717, 1.165) is 11.1 Å². The second-order valence-electron chi connectivity index (χ2n) is 7.34. The molecule has 2 aromatic carbocycles. The first-order valence-electron chi connectivity index (χ1n) is 9.63. The highest BCUT2D eigenvalue weighted by molar-refractivity contribution is 7.92. The van der Waals surface area contributed by atoms with E-state index in [1.165, 1.54) is 0 Å². The molecule has 9 heteroatoms. The van der Waals surface area contributed by atoms with Gasteiger partial charge in [0.2, 0.25) is 5.89 Å². The summed E-state index contributed by atoms with van der Waals surface area (Å²) in [5, 5.41) is 7.73. The standard InChI is InChI=1S/C22H21N5O3S.2H2/c1-13(2)31(28,29)18-10-6-15(7-11-18)19-12-24-14(3)20(25-19)22-27-26-21(30-22)16-4-8-17(23)9-5-16;;/h4-13H,23H2,1-3H3;2*1H. The number of nitrogen functional groups attached to an aromatic ring is 1. The fourth-order valence-electron chi connectivity index (χ4n) is 2.94. The summed E-state index contributed by atoms with van der Waals surface area (Å²) in [7, 11) is -3.34. The molecule has 162 valence electrons. The number of nitrogens with two attached hydrogens (primary N) is 1. The summed E-state index contributed by atoms with van der Waals surface area (Å²) < 4.78 is 30.5. The molecule has 31 heavy (non-hydrogen) atoms. The minimum Gasteiger partial charge on any atom is -0.415 e. The van der Waals surface area contributed by atoms with Crippen LogP contribution in [-0.2, 0) is 9.84 Å². The Hall–Kier alpha value is -3.59. The molecular weight excluding hydrogens is 414 g/mol. The van der Waals surface area contributed by atoms with Crippen molar-refractivity contribution in [2.45, 2.75) is 30.9 Å². The van der Waals surface area contributed by atoms with E-state index in [0.29, 0.717) is 28.7 Å². The van der Waals surface area contributed by atoms with E-state index in [1.807, 2.05) is 0 Å². The lowest BCUT2D eigenvalue weighted by molar-refractivity contribution is 0.581. The van der Waals surface area contributed by atoms with Gasteiger partial charge in [0.15, 0.2) is 9.84 Å². The van der Waals surface area contributed by atoms with Gasteiger partial charge in [-0.25, -0.2) is 13.4 Å². The largest absolute Gasteiger partial charge is 0.415 e. The average Bonchev–Trinajstić information content (AvgIpc) is 3.24. The first kappa shape index (κ1) is 20.7. The predicted molar refractivity (Wildman–Crippen MR) is 122 cm³/mol. The lowest BCUT2D eigenvalue weighted by atomic mass is 10.1. The molecule has 0 amide bonds. The molecule has 4 rings (SSSR count). The maximum Gasteiger partial charge on any atom is 0.268 e. The van der Waals surface area contributed by atoms with Crippen LogP contribution in [-0.4, -0.2) is 33.8 Å². The highest BCUT2D eigenvalue weighted by Gasteiger charge is 2.20. The van der Waals surface area contributed by atoms with E-state index in [-0.39, 0.29) is 13.6 Å². The molecule has 0 unspecified atom stereocenters. The first-order chi connectivity index (χ1) is 14.8. The van der Waals surface area contributed by atoms with Gasteiger partial charge in [-0.05, 0) is 57.2 Å². The van der Waals surface area contributed by atoms with E-state index in [2.05, 4.69) is 20.2 Å². The highest BCUT2D eigenvalue weighted by Crippen LogP contribution is 2.27. The normalized spacial score (nSPS) is 11.7. The van der Waals surface area contributed by atoms with Crippen LogP contribution in [0.15, 0.2) is 64.0 Å². The molecule has 2 heterocycles. The number of rotatable bonds is 5. The Morgan fingerprint density at radius 1 is 0.935 bits per heavy atom. The van der Waals surface area contributed by atoms with Gasteiger partial charge in [0.1, 0.15) is 5.69 Å². The zero-order valence-corrected chi connectivity index (χ0v) is 18.1. The number of aromatic nitrogens is 4. The van der Waals surface area contributed by atoms with Gasteiger partial charge in [-0.15, -0.1) is 10.2 Å². The number of nitrogens with zero attached hydrogens (tertiary/aromatic N) is 4. The topological polar surface area (TPSA) is 125 Å². The molecule has 0 radical (unpaired) electrons. The summed E-state index contributed by atoms with van der Waals surface area (Å²) in [5.41, 5.74) is 9.51. The van der Waals surface area contributed by atoms with Crippen LogP contribution in [0.25, 0.3) is 34.3 Å². The molecule has 4 aromatic rings. The molecule has 0 fully saturated rings. The molecule has 2 aromatic heterocycles. The lowest BCUT2D eigenvalue weighted by Crippen LogP contribution is -2.13. The minimum atomic E-state index is -3.34. The Labute approximate surface area is 183 Å². The molecule has 0 saturated carbocycles. The minimum absolute atomic E-state index is 0. The summed E-state index contributed by atoms with van der Waals surface area (Å²) in [4.78, 5) is 9.31. The van der Waals surface area contributed by atoms with Gasteiger partial charge in [0.25, 0.3) is 5.89 Å². The molecule has 0 saturated heterocycles.